The monoisotopic (exact) mass is 210 g/mol. The summed E-state index contributed by atoms with van der Waals surface area (Å²) < 4.78 is 10.8. The summed E-state index contributed by atoms with van der Waals surface area (Å²) in [6.07, 6.45) is 8.91. The molecule has 2 heteroatoms. The summed E-state index contributed by atoms with van der Waals surface area (Å²) in [5.74, 6) is 3.75. The van der Waals surface area contributed by atoms with Crippen molar-refractivity contribution in [2.45, 2.75) is 38.5 Å². The molecule has 15 heavy (non-hydrogen) atoms. The zero-order valence-corrected chi connectivity index (χ0v) is 9.49. The van der Waals surface area contributed by atoms with Gasteiger partial charge in [0.05, 0.1) is 13.2 Å². The first-order valence-electron chi connectivity index (χ1n) is 6.59. The van der Waals surface area contributed by atoms with Crippen molar-refractivity contribution in [3.8, 4) is 0 Å². The van der Waals surface area contributed by atoms with Gasteiger partial charge in [0, 0.05) is 5.92 Å². The van der Waals surface area contributed by atoms with Gasteiger partial charge in [-0.2, -0.15) is 0 Å². The summed E-state index contributed by atoms with van der Waals surface area (Å²) >= 11 is 0. The average Bonchev–Trinajstić information content (AvgIpc) is 2.70. The quantitative estimate of drug-likeness (QED) is 0.697. The van der Waals surface area contributed by atoms with Crippen LogP contribution < -0.4 is 0 Å². The van der Waals surface area contributed by atoms with Gasteiger partial charge in [0.1, 0.15) is 6.79 Å². The zero-order valence-electron chi connectivity index (χ0n) is 9.49. The second kappa shape index (κ2) is 4.42. The molecule has 0 aromatic carbocycles. The second-order valence-corrected chi connectivity index (χ2v) is 5.66. The first-order valence-corrected chi connectivity index (χ1v) is 6.59. The topological polar surface area (TPSA) is 18.5 Å². The molecular formula is C13H22O2. The summed E-state index contributed by atoms with van der Waals surface area (Å²) in [7, 11) is 0. The van der Waals surface area contributed by atoms with Crippen molar-refractivity contribution >= 4 is 0 Å². The minimum Gasteiger partial charge on any atom is -0.355 e. The van der Waals surface area contributed by atoms with Gasteiger partial charge in [-0.3, -0.25) is 0 Å². The van der Waals surface area contributed by atoms with Crippen LogP contribution in [0.1, 0.15) is 38.5 Å². The molecule has 0 bridgehead atoms. The molecule has 2 saturated carbocycles. The molecule has 0 N–H and O–H groups in total. The SMILES string of the molecule is C1CCC(C2CC(C3COCOC3)C2)C1. The number of hydrogen-bond acceptors (Lipinski definition) is 2. The predicted molar refractivity (Wildman–Crippen MR) is 58.4 cm³/mol. The fourth-order valence-electron chi connectivity index (χ4n) is 3.69. The number of rotatable bonds is 2. The van der Waals surface area contributed by atoms with E-state index in [9.17, 15) is 0 Å². The molecule has 3 fully saturated rings. The zero-order chi connectivity index (χ0) is 10.1. The van der Waals surface area contributed by atoms with Crippen LogP contribution >= 0.6 is 0 Å². The molecule has 2 aliphatic carbocycles. The van der Waals surface area contributed by atoms with Crippen LogP contribution in [0.15, 0.2) is 0 Å². The molecule has 1 aliphatic heterocycles. The van der Waals surface area contributed by atoms with Crippen molar-refractivity contribution in [2.24, 2.45) is 23.7 Å². The maximum Gasteiger partial charge on any atom is 0.146 e. The van der Waals surface area contributed by atoms with Crippen LogP contribution in [-0.4, -0.2) is 20.0 Å². The largest absolute Gasteiger partial charge is 0.355 e. The van der Waals surface area contributed by atoms with E-state index >= 15 is 0 Å². The molecule has 0 aromatic rings. The number of hydrogen-bond donors (Lipinski definition) is 0. The smallest absolute Gasteiger partial charge is 0.146 e. The number of ether oxygens (including phenoxy) is 2. The van der Waals surface area contributed by atoms with E-state index in [2.05, 4.69) is 0 Å². The Labute approximate surface area is 92.3 Å². The lowest BCUT2D eigenvalue weighted by atomic mass is 9.64. The molecule has 0 aromatic heterocycles. The van der Waals surface area contributed by atoms with Crippen LogP contribution in [0.25, 0.3) is 0 Å². The summed E-state index contributed by atoms with van der Waals surface area (Å²) in [5, 5.41) is 0. The van der Waals surface area contributed by atoms with Crippen molar-refractivity contribution in [3.05, 3.63) is 0 Å². The molecule has 0 spiro atoms. The first kappa shape index (κ1) is 10.1. The fraction of sp³-hybridized carbons (Fsp3) is 1.00. The van der Waals surface area contributed by atoms with Gasteiger partial charge < -0.3 is 9.47 Å². The third kappa shape index (κ3) is 2.07. The minimum absolute atomic E-state index is 0.523. The van der Waals surface area contributed by atoms with Crippen LogP contribution in [0.5, 0.6) is 0 Å². The summed E-state index contributed by atoms with van der Waals surface area (Å²) in [6.45, 7) is 2.42. The normalized spacial score (nSPS) is 39.2. The standard InChI is InChI=1S/C13H22O2/c1-2-4-10(3-1)11-5-12(6-11)13-7-14-9-15-8-13/h10-13H,1-9H2. The van der Waals surface area contributed by atoms with Gasteiger partial charge in [0.15, 0.2) is 0 Å². The third-order valence-electron chi connectivity index (χ3n) is 4.77. The van der Waals surface area contributed by atoms with Gasteiger partial charge in [0.2, 0.25) is 0 Å². The van der Waals surface area contributed by atoms with Crippen molar-refractivity contribution in [3.63, 3.8) is 0 Å². The van der Waals surface area contributed by atoms with Crippen LogP contribution in [-0.2, 0) is 9.47 Å². The van der Waals surface area contributed by atoms with E-state index in [1.807, 2.05) is 0 Å². The van der Waals surface area contributed by atoms with Crippen molar-refractivity contribution in [1.82, 2.24) is 0 Å². The minimum atomic E-state index is 0.523. The van der Waals surface area contributed by atoms with E-state index in [-0.39, 0.29) is 0 Å². The molecule has 0 amide bonds. The van der Waals surface area contributed by atoms with E-state index in [1.165, 1.54) is 38.5 Å². The van der Waals surface area contributed by atoms with Crippen LogP contribution in [0.2, 0.25) is 0 Å². The Morgan fingerprint density at radius 1 is 0.667 bits per heavy atom. The van der Waals surface area contributed by atoms with E-state index in [0.717, 1.165) is 31.0 Å². The highest BCUT2D eigenvalue weighted by Crippen LogP contribution is 2.48. The Hall–Kier alpha value is -0.0800. The van der Waals surface area contributed by atoms with Gasteiger partial charge in [-0.1, -0.05) is 25.7 Å². The highest BCUT2D eigenvalue weighted by Gasteiger charge is 2.40. The average molecular weight is 210 g/mol. The van der Waals surface area contributed by atoms with E-state index in [0.29, 0.717) is 12.7 Å². The molecule has 0 unspecified atom stereocenters. The van der Waals surface area contributed by atoms with Crippen molar-refractivity contribution in [2.75, 3.05) is 20.0 Å². The summed E-state index contributed by atoms with van der Waals surface area (Å²) in [6, 6.07) is 0. The van der Waals surface area contributed by atoms with E-state index in [4.69, 9.17) is 9.47 Å². The molecule has 3 rings (SSSR count). The molecule has 2 nitrogen and oxygen atoms in total. The fourth-order valence-corrected chi connectivity index (χ4v) is 3.69. The molecular weight excluding hydrogens is 188 g/mol. The molecule has 86 valence electrons. The first-order chi connectivity index (χ1) is 7.43. The highest BCUT2D eigenvalue weighted by atomic mass is 16.7. The lowest BCUT2D eigenvalue weighted by Gasteiger charge is -2.44. The molecule has 1 saturated heterocycles. The third-order valence-corrected chi connectivity index (χ3v) is 4.77. The lowest BCUT2D eigenvalue weighted by molar-refractivity contribution is -0.150. The summed E-state index contributed by atoms with van der Waals surface area (Å²) in [4.78, 5) is 0. The summed E-state index contributed by atoms with van der Waals surface area (Å²) in [5.41, 5.74) is 0. The van der Waals surface area contributed by atoms with Gasteiger partial charge in [0.25, 0.3) is 0 Å². The predicted octanol–water partition coefficient (Wildman–Crippen LogP) is 2.82. The molecule has 0 radical (unpaired) electrons. The second-order valence-electron chi connectivity index (χ2n) is 5.66. The van der Waals surface area contributed by atoms with Gasteiger partial charge >= 0.3 is 0 Å². The Morgan fingerprint density at radius 2 is 1.27 bits per heavy atom. The van der Waals surface area contributed by atoms with Crippen LogP contribution in [0.3, 0.4) is 0 Å². The van der Waals surface area contributed by atoms with Gasteiger partial charge in [-0.15, -0.1) is 0 Å². The highest BCUT2D eigenvalue weighted by molar-refractivity contribution is 4.89. The molecule has 0 atom stereocenters. The Kier molecular flexibility index (Phi) is 2.98. The maximum absolute atomic E-state index is 5.38. The molecule has 1 heterocycles. The van der Waals surface area contributed by atoms with E-state index in [1.54, 1.807) is 0 Å². The van der Waals surface area contributed by atoms with Gasteiger partial charge in [-0.25, -0.2) is 0 Å². The van der Waals surface area contributed by atoms with Crippen molar-refractivity contribution < 1.29 is 9.47 Å². The van der Waals surface area contributed by atoms with Gasteiger partial charge in [-0.05, 0) is 30.6 Å². The Morgan fingerprint density at radius 3 is 1.93 bits per heavy atom. The Bertz CT molecular complexity index is 199. The molecule has 3 aliphatic rings. The van der Waals surface area contributed by atoms with Crippen LogP contribution in [0.4, 0.5) is 0 Å². The van der Waals surface area contributed by atoms with E-state index < -0.39 is 0 Å². The Balaban J connectivity index is 1.44. The van der Waals surface area contributed by atoms with Crippen LogP contribution in [0, 0.1) is 23.7 Å². The maximum atomic E-state index is 5.38. The lowest BCUT2D eigenvalue weighted by Crippen LogP contribution is -2.39. The van der Waals surface area contributed by atoms with Crippen molar-refractivity contribution in [1.29, 1.82) is 0 Å².